The van der Waals surface area contributed by atoms with E-state index in [1.807, 2.05) is 18.4 Å². The van der Waals surface area contributed by atoms with Gasteiger partial charge in [-0.3, -0.25) is 4.79 Å². The van der Waals surface area contributed by atoms with Crippen LogP contribution in [0.4, 0.5) is 11.5 Å². The summed E-state index contributed by atoms with van der Waals surface area (Å²) in [5.74, 6) is 1.05. The van der Waals surface area contributed by atoms with Gasteiger partial charge in [-0.1, -0.05) is 11.8 Å². The first-order valence-electron chi connectivity index (χ1n) is 7.19. The monoisotopic (exact) mass is 360 g/mol. The average molecular weight is 360 g/mol. The molecule has 1 atom stereocenters. The molecule has 24 heavy (non-hydrogen) atoms. The largest absolute Gasteiger partial charge is 0.497 e. The van der Waals surface area contributed by atoms with Gasteiger partial charge in [0.25, 0.3) is 0 Å². The minimum Gasteiger partial charge on any atom is -0.497 e. The number of benzene rings is 1. The molecule has 0 saturated carbocycles. The van der Waals surface area contributed by atoms with Crippen LogP contribution in [-0.2, 0) is 4.79 Å². The van der Waals surface area contributed by atoms with Gasteiger partial charge in [-0.15, -0.1) is 11.3 Å². The Bertz CT molecular complexity index is 864. The van der Waals surface area contributed by atoms with E-state index in [1.54, 1.807) is 31.4 Å². The molecule has 0 aliphatic heterocycles. The van der Waals surface area contributed by atoms with Crippen LogP contribution < -0.4 is 15.8 Å². The Morgan fingerprint density at radius 1 is 1.29 bits per heavy atom. The lowest BCUT2D eigenvalue weighted by molar-refractivity contribution is -0.115. The normalized spacial score (nSPS) is 12.1. The van der Waals surface area contributed by atoms with Gasteiger partial charge >= 0.3 is 0 Å². The van der Waals surface area contributed by atoms with E-state index in [-0.39, 0.29) is 11.2 Å². The Balaban J connectivity index is 1.68. The molecule has 0 aliphatic rings. The van der Waals surface area contributed by atoms with Crippen molar-refractivity contribution in [3.63, 3.8) is 0 Å². The molecule has 1 aromatic carbocycles. The Morgan fingerprint density at radius 3 is 2.75 bits per heavy atom. The molecule has 3 aromatic rings. The average Bonchev–Trinajstić information content (AvgIpc) is 3.04. The summed E-state index contributed by atoms with van der Waals surface area (Å²) >= 11 is 2.78. The van der Waals surface area contributed by atoms with Gasteiger partial charge in [0.1, 0.15) is 16.4 Å². The van der Waals surface area contributed by atoms with Crippen molar-refractivity contribution in [1.82, 2.24) is 9.97 Å². The molecule has 8 heteroatoms. The number of anilines is 2. The molecule has 0 radical (unpaired) electrons. The predicted octanol–water partition coefficient (Wildman–Crippen LogP) is 3.40. The number of thioether (sulfide) groups is 1. The summed E-state index contributed by atoms with van der Waals surface area (Å²) in [5.41, 5.74) is 6.64. The van der Waals surface area contributed by atoms with Crippen molar-refractivity contribution in [2.24, 2.45) is 0 Å². The van der Waals surface area contributed by atoms with E-state index >= 15 is 0 Å². The number of rotatable bonds is 5. The molecule has 0 fully saturated rings. The lowest BCUT2D eigenvalue weighted by Crippen LogP contribution is -2.22. The Kier molecular flexibility index (Phi) is 4.86. The zero-order chi connectivity index (χ0) is 17.1. The molecule has 2 heterocycles. The van der Waals surface area contributed by atoms with E-state index in [2.05, 4.69) is 15.3 Å². The predicted molar refractivity (Wildman–Crippen MR) is 98.8 cm³/mol. The van der Waals surface area contributed by atoms with Crippen LogP contribution in [0.5, 0.6) is 5.75 Å². The van der Waals surface area contributed by atoms with E-state index < -0.39 is 0 Å². The van der Waals surface area contributed by atoms with E-state index in [1.165, 1.54) is 23.1 Å². The van der Waals surface area contributed by atoms with Crippen LogP contribution in [0, 0.1) is 0 Å². The van der Waals surface area contributed by atoms with Crippen molar-refractivity contribution in [1.29, 1.82) is 0 Å². The molecule has 0 unspecified atom stereocenters. The molecule has 0 saturated heterocycles. The zero-order valence-electron chi connectivity index (χ0n) is 13.1. The highest BCUT2D eigenvalue weighted by Crippen LogP contribution is 2.28. The molecule has 3 N–H and O–H groups in total. The van der Waals surface area contributed by atoms with Crippen molar-refractivity contribution in [2.75, 3.05) is 18.2 Å². The number of carbonyl (C=O) groups excluding carboxylic acids is 1. The second kappa shape index (κ2) is 7.06. The minimum absolute atomic E-state index is 0.126. The molecule has 2 aromatic heterocycles. The Hall–Kier alpha value is -2.32. The third kappa shape index (κ3) is 3.60. The first-order chi connectivity index (χ1) is 11.6. The number of nitrogens with two attached hydrogens (primary N) is 1. The first-order valence-corrected chi connectivity index (χ1v) is 8.95. The second-order valence-corrected chi connectivity index (χ2v) is 7.21. The van der Waals surface area contributed by atoms with Crippen molar-refractivity contribution in [2.45, 2.75) is 17.3 Å². The van der Waals surface area contributed by atoms with E-state index in [0.717, 1.165) is 16.0 Å². The molecule has 6 nitrogen and oxygen atoms in total. The van der Waals surface area contributed by atoms with Crippen molar-refractivity contribution < 1.29 is 9.53 Å². The molecule has 0 bridgehead atoms. The SMILES string of the molecule is COc1ccc(NC(=O)[C@@H](C)Sc2nc(N)c3ccsc3n2)cc1. The number of nitrogen functional groups attached to an aromatic ring is 1. The van der Waals surface area contributed by atoms with Crippen LogP contribution >= 0.6 is 23.1 Å². The lowest BCUT2D eigenvalue weighted by atomic mass is 10.3. The number of hydrogen-bond acceptors (Lipinski definition) is 7. The van der Waals surface area contributed by atoms with Crippen LogP contribution in [0.15, 0.2) is 40.9 Å². The van der Waals surface area contributed by atoms with E-state index in [0.29, 0.717) is 16.7 Å². The van der Waals surface area contributed by atoms with Gasteiger partial charge in [0.2, 0.25) is 5.91 Å². The first kappa shape index (κ1) is 16.5. The van der Waals surface area contributed by atoms with Crippen LogP contribution in [0.1, 0.15) is 6.92 Å². The summed E-state index contributed by atoms with van der Waals surface area (Å²) in [6.07, 6.45) is 0. The summed E-state index contributed by atoms with van der Waals surface area (Å²) in [4.78, 5) is 21.9. The zero-order valence-corrected chi connectivity index (χ0v) is 14.8. The number of thiophene rings is 1. The van der Waals surface area contributed by atoms with Crippen LogP contribution in [-0.4, -0.2) is 28.2 Å². The molecular formula is C16H16N4O2S2. The maximum atomic E-state index is 12.3. The van der Waals surface area contributed by atoms with Gasteiger partial charge < -0.3 is 15.8 Å². The van der Waals surface area contributed by atoms with Crippen LogP contribution in [0.2, 0.25) is 0 Å². The molecule has 1 amide bonds. The van der Waals surface area contributed by atoms with Crippen molar-refractivity contribution in [3.05, 3.63) is 35.7 Å². The fourth-order valence-corrected chi connectivity index (χ4v) is 3.65. The highest BCUT2D eigenvalue weighted by atomic mass is 32.2. The number of carbonyl (C=O) groups is 1. The number of methoxy groups -OCH3 is 1. The van der Waals surface area contributed by atoms with Gasteiger partial charge in [-0.05, 0) is 42.6 Å². The fourth-order valence-electron chi connectivity index (χ4n) is 2.04. The van der Waals surface area contributed by atoms with Crippen LogP contribution in [0.25, 0.3) is 10.2 Å². The van der Waals surface area contributed by atoms with Gasteiger partial charge in [0.15, 0.2) is 5.16 Å². The summed E-state index contributed by atoms with van der Waals surface area (Å²) in [6, 6.07) is 9.06. The van der Waals surface area contributed by atoms with Crippen molar-refractivity contribution in [3.8, 4) is 5.75 Å². The summed E-state index contributed by atoms with van der Waals surface area (Å²) in [6.45, 7) is 1.81. The van der Waals surface area contributed by atoms with Gasteiger partial charge in [0, 0.05) is 5.69 Å². The highest BCUT2D eigenvalue weighted by molar-refractivity contribution is 8.00. The molecular weight excluding hydrogens is 344 g/mol. The van der Waals surface area contributed by atoms with E-state index in [9.17, 15) is 4.79 Å². The number of nitrogens with one attached hydrogen (secondary N) is 1. The number of hydrogen-bond donors (Lipinski definition) is 2. The quantitative estimate of drug-likeness (QED) is 0.535. The van der Waals surface area contributed by atoms with Crippen molar-refractivity contribution >= 4 is 50.7 Å². The highest BCUT2D eigenvalue weighted by Gasteiger charge is 2.17. The number of nitrogens with zero attached hydrogens (tertiary/aromatic N) is 2. The Labute approximate surface area is 147 Å². The summed E-state index contributed by atoms with van der Waals surface area (Å²) in [5, 5.41) is 5.77. The fraction of sp³-hybridized carbons (Fsp3) is 0.188. The minimum atomic E-state index is -0.357. The smallest absolute Gasteiger partial charge is 0.237 e. The maximum Gasteiger partial charge on any atom is 0.237 e. The second-order valence-electron chi connectivity index (χ2n) is 5.01. The topological polar surface area (TPSA) is 90.1 Å². The van der Waals surface area contributed by atoms with Gasteiger partial charge in [-0.2, -0.15) is 0 Å². The molecule has 3 rings (SSSR count). The molecule has 124 valence electrons. The third-order valence-electron chi connectivity index (χ3n) is 3.34. The maximum absolute atomic E-state index is 12.3. The number of ether oxygens (including phenoxy) is 1. The van der Waals surface area contributed by atoms with E-state index in [4.69, 9.17) is 10.5 Å². The van der Waals surface area contributed by atoms with Crippen LogP contribution in [0.3, 0.4) is 0 Å². The summed E-state index contributed by atoms with van der Waals surface area (Å²) < 4.78 is 5.10. The number of aromatic nitrogens is 2. The Morgan fingerprint density at radius 2 is 2.04 bits per heavy atom. The number of amides is 1. The summed E-state index contributed by atoms with van der Waals surface area (Å²) in [7, 11) is 1.60. The molecule has 0 aliphatic carbocycles. The standard InChI is InChI=1S/C16H16N4O2S2/c1-9(14(21)18-10-3-5-11(22-2)6-4-10)24-16-19-13(17)12-7-8-23-15(12)20-16/h3-9H,1-2H3,(H,18,21)(H2,17,19,20)/t9-/m1/s1. The number of fused-ring (bicyclic) bond motifs is 1. The van der Waals surface area contributed by atoms with Gasteiger partial charge in [-0.25, -0.2) is 9.97 Å². The molecule has 0 spiro atoms. The lowest BCUT2D eigenvalue weighted by Gasteiger charge is -2.11. The van der Waals surface area contributed by atoms with Gasteiger partial charge in [0.05, 0.1) is 17.7 Å². The third-order valence-corrected chi connectivity index (χ3v) is 5.11.